The van der Waals surface area contributed by atoms with Crippen molar-refractivity contribution < 1.29 is 4.79 Å². The zero-order valence-electron chi connectivity index (χ0n) is 11.5. The van der Waals surface area contributed by atoms with E-state index in [-0.39, 0.29) is 5.91 Å². The molecule has 1 rings (SSSR count). The van der Waals surface area contributed by atoms with Gasteiger partial charge in [-0.1, -0.05) is 25.1 Å². The Hall–Kier alpha value is -1.00. The van der Waals surface area contributed by atoms with Crippen molar-refractivity contribution in [1.82, 2.24) is 5.32 Å². The van der Waals surface area contributed by atoms with Crippen molar-refractivity contribution in [2.45, 2.75) is 42.9 Å². The van der Waals surface area contributed by atoms with E-state index in [1.807, 2.05) is 19.1 Å². The summed E-state index contributed by atoms with van der Waals surface area (Å²) in [5.74, 6) is -0.303. The van der Waals surface area contributed by atoms with E-state index in [0.29, 0.717) is 11.7 Å². The predicted octanol–water partition coefficient (Wildman–Crippen LogP) is 2.33. The van der Waals surface area contributed by atoms with Gasteiger partial charge in [-0.2, -0.15) is 0 Å². The highest BCUT2D eigenvalue weighted by molar-refractivity contribution is 8.00. The van der Waals surface area contributed by atoms with Gasteiger partial charge in [0, 0.05) is 10.1 Å². The minimum absolute atomic E-state index is 0.303. The molecule has 100 valence electrons. The maximum atomic E-state index is 11.5. The first kappa shape index (κ1) is 15.1. The average molecular weight is 266 g/mol. The first-order chi connectivity index (χ1) is 8.39. The van der Waals surface area contributed by atoms with Crippen LogP contribution < -0.4 is 11.1 Å². The summed E-state index contributed by atoms with van der Waals surface area (Å²) in [6.07, 6.45) is 0.706. The molecule has 0 heterocycles. The number of nitrogens with one attached hydrogen (secondary N) is 1. The molecule has 2 atom stereocenters. The summed E-state index contributed by atoms with van der Waals surface area (Å²) in [5, 5.41) is 3.34. The van der Waals surface area contributed by atoms with E-state index in [0.717, 1.165) is 0 Å². The summed E-state index contributed by atoms with van der Waals surface area (Å²) in [6, 6.07) is 8.27. The molecule has 0 spiro atoms. The summed E-state index contributed by atoms with van der Waals surface area (Å²) in [7, 11) is 1.77. The number of primary amides is 1. The topological polar surface area (TPSA) is 55.1 Å². The van der Waals surface area contributed by atoms with Gasteiger partial charge in [0.15, 0.2) is 0 Å². The molecule has 0 aliphatic carbocycles. The number of hydrogen-bond acceptors (Lipinski definition) is 3. The lowest BCUT2D eigenvalue weighted by atomic mass is 9.95. The fraction of sp³-hybridized carbons (Fsp3) is 0.500. The first-order valence-electron chi connectivity index (χ1n) is 6.10. The monoisotopic (exact) mass is 266 g/mol. The summed E-state index contributed by atoms with van der Waals surface area (Å²) in [6.45, 7) is 6.07. The van der Waals surface area contributed by atoms with Gasteiger partial charge in [-0.3, -0.25) is 4.79 Å². The van der Waals surface area contributed by atoms with Gasteiger partial charge in [-0.05, 0) is 38.9 Å². The fourth-order valence-corrected chi connectivity index (χ4v) is 3.11. The van der Waals surface area contributed by atoms with Crippen molar-refractivity contribution in [2.24, 2.45) is 5.73 Å². The molecule has 3 N–H and O–H groups in total. The van der Waals surface area contributed by atoms with Crippen LogP contribution in [0.2, 0.25) is 0 Å². The molecular formula is C14H22N2OS. The third-order valence-electron chi connectivity index (χ3n) is 3.21. The van der Waals surface area contributed by atoms with Crippen LogP contribution in [0.4, 0.5) is 0 Å². The second kappa shape index (κ2) is 6.25. The molecule has 3 nitrogen and oxygen atoms in total. The summed E-state index contributed by atoms with van der Waals surface area (Å²) >= 11 is 1.78. The molecule has 0 saturated heterocycles. The average Bonchev–Trinajstić information content (AvgIpc) is 2.31. The van der Waals surface area contributed by atoms with E-state index in [1.165, 1.54) is 10.5 Å². The van der Waals surface area contributed by atoms with Gasteiger partial charge in [-0.15, -0.1) is 11.8 Å². The highest BCUT2D eigenvalue weighted by Crippen LogP contribution is 2.30. The standard InChI is InChI=1S/C14H22N2OS/c1-10-7-5-6-8-12(10)18-11(2)9-14(3,16-4)13(15)17/h5-8,11,16H,9H2,1-4H3,(H2,15,17). The van der Waals surface area contributed by atoms with Crippen LogP contribution in [0.5, 0.6) is 0 Å². The van der Waals surface area contributed by atoms with E-state index in [4.69, 9.17) is 5.73 Å². The number of hydrogen-bond donors (Lipinski definition) is 2. The molecule has 0 fully saturated rings. The first-order valence-corrected chi connectivity index (χ1v) is 6.98. The second-order valence-electron chi connectivity index (χ2n) is 4.84. The van der Waals surface area contributed by atoms with E-state index in [2.05, 4.69) is 31.3 Å². The second-order valence-corrected chi connectivity index (χ2v) is 6.32. The molecule has 0 aliphatic heterocycles. The van der Waals surface area contributed by atoms with Crippen LogP contribution in [0.25, 0.3) is 0 Å². The van der Waals surface area contributed by atoms with Gasteiger partial charge < -0.3 is 11.1 Å². The highest BCUT2D eigenvalue weighted by Gasteiger charge is 2.31. The van der Waals surface area contributed by atoms with E-state index in [1.54, 1.807) is 18.8 Å². The fourth-order valence-electron chi connectivity index (χ4n) is 1.85. The van der Waals surface area contributed by atoms with Crippen molar-refractivity contribution in [3.05, 3.63) is 29.8 Å². The Labute approximate surface area is 114 Å². The van der Waals surface area contributed by atoms with Crippen molar-refractivity contribution >= 4 is 17.7 Å². The number of nitrogens with two attached hydrogens (primary N) is 1. The number of amides is 1. The third kappa shape index (κ3) is 3.75. The predicted molar refractivity (Wildman–Crippen MR) is 77.8 cm³/mol. The molecule has 2 unspecified atom stereocenters. The zero-order chi connectivity index (χ0) is 13.8. The molecule has 1 aromatic carbocycles. The molecule has 0 saturated carbocycles. The number of thioether (sulfide) groups is 1. The summed E-state index contributed by atoms with van der Waals surface area (Å²) in [5.41, 5.74) is 6.06. The highest BCUT2D eigenvalue weighted by atomic mass is 32.2. The van der Waals surface area contributed by atoms with Crippen LogP contribution in [0.15, 0.2) is 29.2 Å². The molecule has 4 heteroatoms. The Bertz CT molecular complexity index is 422. The smallest absolute Gasteiger partial charge is 0.237 e. The Morgan fingerprint density at radius 3 is 2.61 bits per heavy atom. The Morgan fingerprint density at radius 1 is 1.50 bits per heavy atom. The summed E-state index contributed by atoms with van der Waals surface area (Å²) in [4.78, 5) is 12.7. The Balaban J connectivity index is 2.70. The number of carbonyl (C=O) groups excluding carboxylic acids is 1. The van der Waals surface area contributed by atoms with Crippen molar-refractivity contribution in [1.29, 1.82) is 0 Å². The molecule has 1 aromatic rings. The number of carbonyl (C=O) groups is 1. The van der Waals surface area contributed by atoms with Crippen LogP contribution in [-0.4, -0.2) is 23.7 Å². The number of aryl methyl sites for hydroxylation is 1. The number of likely N-dealkylation sites (N-methyl/N-ethyl adjacent to an activating group) is 1. The van der Waals surface area contributed by atoms with Gasteiger partial charge in [-0.25, -0.2) is 0 Å². The van der Waals surface area contributed by atoms with Crippen LogP contribution in [0, 0.1) is 6.92 Å². The number of rotatable bonds is 6. The van der Waals surface area contributed by atoms with Crippen molar-refractivity contribution in [2.75, 3.05) is 7.05 Å². The van der Waals surface area contributed by atoms with Crippen molar-refractivity contribution in [3.8, 4) is 0 Å². The lowest BCUT2D eigenvalue weighted by Crippen LogP contribution is -2.52. The van der Waals surface area contributed by atoms with Crippen molar-refractivity contribution in [3.63, 3.8) is 0 Å². The molecule has 1 amide bonds. The maximum Gasteiger partial charge on any atom is 0.237 e. The molecule has 0 aromatic heterocycles. The third-order valence-corrected chi connectivity index (χ3v) is 4.49. The molecule has 0 aliphatic rings. The number of benzene rings is 1. The van der Waals surface area contributed by atoms with E-state index < -0.39 is 5.54 Å². The van der Waals surface area contributed by atoms with Crippen LogP contribution in [0.3, 0.4) is 0 Å². The Kier molecular flexibility index (Phi) is 5.23. The normalized spacial score (nSPS) is 16.0. The molecule has 18 heavy (non-hydrogen) atoms. The lowest BCUT2D eigenvalue weighted by Gasteiger charge is -2.28. The summed E-state index contributed by atoms with van der Waals surface area (Å²) < 4.78 is 0. The quantitative estimate of drug-likeness (QED) is 0.777. The zero-order valence-corrected chi connectivity index (χ0v) is 12.3. The molecule has 0 radical (unpaired) electrons. The van der Waals surface area contributed by atoms with Crippen LogP contribution >= 0.6 is 11.8 Å². The maximum absolute atomic E-state index is 11.5. The Morgan fingerprint density at radius 2 is 2.11 bits per heavy atom. The minimum atomic E-state index is -0.644. The molecular weight excluding hydrogens is 244 g/mol. The molecule has 0 bridgehead atoms. The van der Waals surface area contributed by atoms with Gasteiger partial charge in [0.2, 0.25) is 5.91 Å². The van der Waals surface area contributed by atoms with Crippen LogP contribution in [-0.2, 0) is 4.79 Å². The van der Waals surface area contributed by atoms with E-state index in [9.17, 15) is 4.79 Å². The lowest BCUT2D eigenvalue weighted by molar-refractivity contribution is -0.123. The van der Waals surface area contributed by atoms with Gasteiger partial charge in [0.05, 0.1) is 5.54 Å². The van der Waals surface area contributed by atoms with Gasteiger partial charge in [0.1, 0.15) is 0 Å². The minimum Gasteiger partial charge on any atom is -0.368 e. The van der Waals surface area contributed by atoms with Gasteiger partial charge >= 0.3 is 0 Å². The SMILES string of the molecule is CNC(C)(CC(C)Sc1ccccc1C)C(N)=O. The van der Waals surface area contributed by atoms with E-state index >= 15 is 0 Å². The van der Waals surface area contributed by atoms with Crippen LogP contribution in [0.1, 0.15) is 25.8 Å². The van der Waals surface area contributed by atoms with Gasteiger partial charge in [0.25, 0.3) is 0 Å². The largest absolute Gasteiger partial charge is 0.368 e.